The molecule has 0 aliphatic carbocycles. The summed E-state index contributed by atoms with van der Waals surface area (Å²) in [6.07, 6.45) is -1.10. The molecule has 0 bridgehead atoms. The van der Waals surface area contributed by atoms with Crippen molar-refractivity contribution in [1.29, 1.82) is 0 Å². The number of rotatable bonds is 6. The number of carbonyl (C=O) groups is 2. The van der Waals surface area contributed by atoms with Crippen LogP contribution in [0.1, 0.15) is 17.3 Å². The van der Waals surface area contributed by atoms with E-state index < -0.39 is 22.9 Å². The van der Waals surface area contributed by atoms with Gasteiger partial charge in [-0.2, -0.15) is 0 Å². The topological polar surface area (TPSA) is 108 Å². The van der Waals surface area contributed by atoms with Crippen LogP contribution in [-0.2, 0) is 9.53 Å². The minimum absolute atomic E-state index is 0.00820. The summed E-state index contributed by atoms with van der Waals surface area (Å²) in [7, 11) is 1.47. The Kier molecular flexibility index (Phi) is 5.67. The predicted octanol–water partition coefficient (Wildman–Crippen LogP) is 2.79. The molecule has 8 nitrogen and oxygen atoms in total. The van der Waals surface area contributed by atoms with Crippen molar-refractivity contribution in [3.63, 3.8) is 0 Å². The maximum Gasteiger partial charge on any atom is 0.339 e. The molecule has 25 heavy (non-hydrogen) atoms. The molecule has 1 N–H and O–H groups in total. The molecule has 1 atom stereocenters. The molecule has 2 rings (SSSR count). The van der Waals surface area contributed by atoms with Gasteiger partial charge in [0, 0.05) is 12.1 Å². The molecule has 2 aromatic carbocycles. The number of amides is 1. The van der Waals surface area contributed by atoms with Gasteiger partial charge in [0.1, 0.15) is 5.75 Å². The number of methoxy groups -OCH3 is 1. The van der Waals surface area contributed by atoms with E-state index in [9.17, 15) is 19.7 Å². The summed E-state index contributed by atoms with van der Waals surface area (Å²) in [5.41, 5.74) is 0.194. The van der Waals surface area contributed by atoms with Gasteiger partial charge in [-0.25, -0.2) is 4.79 Å². The molecule has 2 aromatic rings. The van der Waals surface area contributed by atoms with Crippen LogP contribution in [0.2, 0.25) is 0 Å². The first kappa shape index (κ1) is 17.9. The average molecular weight is 344 g/mol. The molecule has 0 aromatic heterocycles. The van der Waals surface area contributed by atoms with Gasteiger partial charge in [0.05, 0.1) is 23.3 Å². The quantitative estimate of drug-likeness (QED) is 0.490. The average Bonchev–Trinajstić information content (AvgIpc) is 2.62. The normalized spacial score (nSPS) is 11.3. The van der Waals surface area contributed by atoms with E-state index in [4.69, 9.17) is 9.47 Å². The fourth-order valence-electron chi connectivity index (χ4n) is 2.01. The summed E-state index contributed by atoms with van der Waals surface area (Å²) in [6.45, 7) is 1.40. The molecule has 0 saturated carbocycles. The first-order valence-corrected chi connectivity index (χ1v) is 7.31. The van der Waals surface area contributed by atoms with E-state index in [0.717, 1.165) is 6.07 Å². The van der Waals surface area contributed by atoms with Crippen LogP contribution < -0.4 is 10.1 Å². The summed E-state index contributed by atoms with van der Waals surface area (Å²) >= 11 is 0. The Hall–Kier alpha value is -3.42. The van der Waals surface area contributed by atoms with Gasteiger partial charge in [0.25, 0.3) is 11.6 Å². The number of nitrogens with zero attached hydrogens (tertiary/aromatic N) is 1. The number of nitro groups is 1. The lowest BCUT2D eigenvalue weighted by atomic mass is 10.2. The predicted molar refractivity (Wildman–Crippen MR) is 89.6 cm³/mol. The molecule has 0 radical (unpaired) electrons. The van der Waals surface area contributed by atoms with E-state index in [1.54, 1.807) is 24.3 Å². The fourth-order valence-corrected chi connectivity index (χ4v) is 2.01. The van der Waals surface area contributed by atoms with E-state index in [2.05, 4.69) is 5.32 Å². The molecule has 0 aliphatic rings. The highest BCUT2D eigenvalue weighted by atomic mass is 16.6. The Labute approximate surface area is 143 Å². The Morgan fingerprint density at radius 2 is 1.88 bits per heavy atom. The van der Waals surface area contributed by atoms with Crippen molar-refractivity contribution in [1.82, 2.24) is 0 Å². The van der Waals surface area contributed by atoms with Crippen molar-refractivity contribution in [3.8, 4) is 5.75 Å². The van der Waals surface area contributed by atoms with E-state index >= 15 is 0 Å². The summed E-state index contributed by atoms with van der Waals surface area (Å²) in [5.74, 6) is -0.914. The monoisotopic (exact) mass is 344 g/mol. The molecule has 1 amide bonds. The third kappa shape index (κ3) is 4.54. The summed E-state index contributed by atoms with van der Waals surface area (Å²) in [5, 5.41) is 13.3. The van der Waals surface area contributed by atoms with E-state index in [0.29, 0.717) is 11.4 Å². The molecule has 0 unspecified atom stereocenters. The largest absolute Gasteiger partial charge is 0.495 e. The number of hydrogen-bond donors (Lipinski definition) is 1. The zero-order valence-corrected chi connectivity index (χ0v) is 13.6. The number of para-hydroxylation sites is 2. The van der Waals surface area contributed by atoms with Crippen LogP contribution in [0.5, 0.6) is 5.75 Å². The summed E-state index contributed by atoms with van der Waals surface area (Å²) in [6, 6.07) is 11.9. The number of nitro benzene ring substituents is 1. The molecule has 0 aliphatic heterocycles. The third-order valence-electron chi connectivity index (χ3n) is 3.31. The lowest BCUT2D eigenvalue weighted by molar-refractivity contribution is -0.384. The van der Waals surface area contributed by atoms with E-state index in [1.165, 1.54) is 32.2 Å². The second kappa shape index (κ2) is 7.91. The molecule has 130 valence electrons. The first-order chi connectivity index (χ1) is 11.9. The standard InChI is InChI=1S/C17H16N2O6/c1-11(16(20)18-14-8-3-4-9-15(14)24-2)25-17(21)12-6-5-7-13(10-12)19(22)23/h3-11H,1-2H3,(H,18,20)/t11-/m1/s1. The maximum absolute atomic E-state index is 12.2. The molecule has 0 fully saturated rings. The zero-order chi connectivity index (χ0) is 18.4. The van der Waals surface area contributed by atoms with E-state index in [-0.39, 0.29) is 11.3 Å². The number of carbonyl (C=O) groups excluding carboxylic acids is 2. The van der Waals surface area contributed by atoms with Gasteiger partial charge in [-0.15, -0.1) is 0 Å². The molecular formula is C17H16N2O6. The minimum Gasteiger partial charge on any atom is -0.495 e. The van der Waals surface area contributed by atoms with Crippen LogP contribution in [-0.4, -0.2) is 30.0 Å². The third-order valence-corrected chi connectivity index (χ3v) is 3.31. The smallest absolute Gasteiger partial charge is 0.339 e. The Morgan fingerprint density at radius 3 is 2.56 bits per heavy atom. The van der Waals surface area contributed by atoms with Gasteiger partial charge >= 0.3 is 5.97 Å². The number of hydrogen-bond acceptors (Lipinski definition) is 6. The fraction of sp³-hybridized carbons (Fsp3) is 0.176. The second-order valence-electron chi connectivity index (χ2n) is 5.04. The minimum atomic E-state index is -1.10. The number of non-ortho nitro benzene ring substituents is 1. The molecule has 0 saturated heterocycles. The Morgan fingerprint density at radius 1 is 1.16 bits per heavy atom. The number of esters is 1. The van der Waals surface area contributed by atoms with Crippen molar-refractivity contribution >= 4 is 23.3 Å². The van der Waals surface area contributed by atoms with Crippen LogP contribution in [0, 0.1) is 10.1 Å². The van der Waals surface area contributed by atoms with Crippen molar-refractivity contribution < 1.29 is 24.0 Å². The number of ether oxygens (including phenoxy) is 2. The van der Waals surface area contributed by atoms with Crippen molar-refractivity contribution in [2.45, 2.75) is 13.0 Å². The molecule has 0 spiro atoms. The second-order valence-corrected chi connectivity index (χ2v) is 5.04. The highest BCUT2D eigenvalue weighted by Crippen LogP contribution is 2.23. The van der Waals surface area contributed by atoms with Crippen molar-refractivity contribution in [3.05, 3.63) is 64.2 Å². The zero-order valence-electron chi connectivity index (χ0n) is 13.6. The first-order valence-electron chi connectivity index (χ1n) is 7.31. The van der Waals surface area contributed by atoms with E-state index in [1.807, 2.05) is 0 Å². The SMILES string of the molecule is COc1ccccc1NC(=O)[C@@H](C)OC(=O)c1cccc([N+](=O)[O-])c1. The van der Waals surface area contributed by atoms with Crippen molar-refractivity contribution in [2.75, 3.05) is 12.4 Å². The van der Waals surface area contributed by atoms with Gasteiger partial charge < -0.3 is 14.8 Å². The summed E-state index contributed by atoms with van der Waals surface area (Å²) < 4.78 is 10.2. The van der Waals surface area contributed by atoms with Crippen LogP contribution in [0.15, 0.2) is 48.5 Å². The lowest BCUT2D eigenvalue weighted by Gasteiger charge is -2.15. The highest BCUT2D eigenvalue weighted by molar-refractivity contribution is 5.98. The molecular weight excluding hydrogens is 328 g/mol. The van der Waals surface area contributed by atoms with Crippen LogP contribution in [0.4, 0.5) is 11.4 Å². The van der Waals surface area contributed by atoms with Crippen LogP contribution in [0.25, 0.3) is 0 Å². The molecule has 0 heterocycles. The molecule has 8 heteroatoms. The highest BCUT2D eigenvalue weighted by Gasteiger charge is 2.21. The Balaban J connectivity index is 2.04. The maximum atomic E-state index is 12.2. The lowest BCUT2D eigenvalue weighted by Crippen LogP contribution is -2.30. The van der Waals surface area contributed by atoms with Gasteiger partial charge in [-0.3, -0.25) is 14.9 Å². The van der Waals surface area contributed by atoms with Crippen molar-refractivity contribution in [2.24, 2.45) is 0 Å². The van der Waals surface area contributed by atoms with Gasteiger partial charge in [0.2, 0.25) is 0 Å². The number of anilines is 1. The van der Waals surface area contributed by atoms with Crippen LogP contribution >= 0.6 is 0 Å². The Bertz CT molecular complexity index is 805. The van der Waals surface area contributed by atoms with Gasteiger partial charge in [-0.1, -0.05) is 18.2 Å². The summed E-state index contributed by atoms with van der Waals surface area (Å²) in [4.78, 5) is 34.4. The van der Waals surface area contributed by atoms with Crippen LogP contribution in [0.3, 0.4) is 0 Å². The number of nitrogens with one attached hydrogen (secondary N) is 1. The van der Waals surface area contributed by atoms with Gasteiger partial charge in [0.15, 0.2) is 6.10 Å². The van der Waals surface area contributed by atoms with Gasteiger partial charge in [-0.05, 0) is 25.1 Å². The number of benzene rings is 2.